The van der Waals surface area contributed by atoms with Gasteiger partial charge in [0.25, 0.3) is 15.7 Å². The van der Waals surface area contributed by atoms with Crippen molar-refractivity contribution in [3.8, 4) is 0 Å². The summed E-state index contributed by atoms with van der Waals surface area (Å²) in [6.07, 6.45) is -5.94. The van der Waals surface area contributed by atoms with Crippen molar-refractivity contribution in [2.45, 2.75) is 55.9 Å². The van der Waals surface area contributed by atoms with Crippen molar-refractivity contribution in [2.75, 3.05) is 23.8 Å². The molecule has 4 aromatic heterocycles. The lowest BCUT2D eigenvalue weighted by Crippen LogP contribution is -2.33. The molecule has 23 heteroatoms. The van der Waals surface area contributed by atoms with Gasteiger partial charge in [0.05, 0.1) is 37.2 Å². The fourth-order valence-corrected chi connectivity index (χ4v) is 8.10. The number of alkyl halides is 1. The zero-order chi connectivity index (χ0) is 31.0. The summed E-state index contributed by atoms with van der Waals surface area (Å²) in [6.45, 7) is -4.50. The highest BCUT2D eigenvalue weighted by Crippen LogP contribution is 2.51. The van der Waals surface area contributed by atoms with E-state index in [1.165, 1.54) is 28.1 Å². The highest BCUT2D eigenvalue weighted by molar-refractivity contribution is 8.07. The summed E-state index contributed by atoms with van der Waals surface area (Å²) in [5.74, 6) is -0.758. The van der Waals surface area contributed by atoms with Gasteiger partial charge >= 0.3 is 6.72 Å². The van der Waals surface area contributed by atoms with Crippen molar-refractivity contribution in [1.29, 1.82) is 0 Å². The SMILES string of the molecule is Nc1nc2c(ncn2[C@@H]2O[C@@H]3COP(O)(=S)O[C@H]4[C@@H](F)[C@H](n5cnc6c(N)ncnc65)O[C@@H]4CCS(=O)(=O)O[C@@H]2C3)c(=O)[nH]1. The highest BCUT2D eigenvalue weighted by atomic mass is 32.5. The van der Waals surface area contributed by atoms with Crippen LogP contribution in [-0.4, -0.2) is 95.3 Å². The van der Waals surface area contributed by atoms with E-state index < -0.39 is 71.2 Å². The molecule has 44 heavy (non-hydrogen) atoms. The summed E-state index contributed by atoms with van der Waals surface area (Å²) in [5, 5.41) is 0. The minimum Gasteiger partial charge on any atom is -0.382 e. The van der Waals surface area contributed by atoms with E-state index in [0.29, 0.717) is 0 Å². The molecule has 6 N–H and O–H groups in total. The van der Waals surface area contributed by atoms with Gasteiger partial charge in [-0.2, -0.15) is 13.4 Å². The first-order valence-corrected chi connectivity index (χ1v) is 17.2. The Morgan fingerprint density at radius 1 is 1.07 bits per heavy atom. The second kappa shape index (κ2) is 10.7. The lowest BCUT2D eigenvalue weighted by molar-refractivity contribution is -0.0454. The number of nitrogens with two attached hydrogens (primary N) is 2. The summed E-state index contributed by atoms with van der Waals surface area (Å²) in [5.41, 5.74) is 11.3. The van der Waals surface area contributed by atoms with Gasteiger partial charge in [0.15, 0.2) is 41.3 Å². The molecule has 7 heterocycles. The standard InChI is InChI=1S/C21H24FN10O9PS2/c22-11-14-9(39-20(11)31-6-27-12-15(23)25-5-26-16(12)31)1-2-44(35,36)41-10-3-8(4-37-42(34,43)40-14)38-19(10)32-7-28-13-17(32)29-21(24)30-18(13)33/h5-11,14,19-20H,1-4H2,(H,34,43)(H2,23,25,26)(H3,24,29,30,33)/t8-,9+,10+,11+,14+,19+,20+,42?/m0/s1. The molecule has 0 aliphatic carbocycles. The fourth-order valence-electron chi connectivity index (χ4n) is 5.47. The number of halogens is 1. The molecular weight excluding hydrogens is 650 g/mol. The average molecular weight is 675 g/mol. The first-order chi connectivity index (χ1) is 20.9. The highest BCUT2D eigenvalue weighted by Gasteiger charge is 2.51. The Morgan fingerprint density at radius 2 is 1.82 bits per heavy atom. The van der Waals surface area contributed by atoms with Crippen LogP contribution in [0.2, 0.25) is 0 Å². The maximum Gasteiger partial charge on any atom is 0.325 e. The van der Waals surface area contributed by atoms with Gasteiger partial charge in [0.1, 0.15) is 24.1 Å². The third-order valence-electron chi connectivity index (χ3n) is 7.40. The maximum atomic E-state index is 16.0. The van der Waals surface area contributed by atoms with Crippen LogP contribution in [0, 0.1) is 0 Å². The van der Waals surface area contributed by atoms with E-state index in [4.69, 9.17) is 46.0 Å². The van der Waals surface area contributed by atoms with Crippen molar-refractivity contribution in [1.82, 2.24) is 39.0 Å². The average Bonchev–Trinajstić information content (AvgIpc) is 3.72. The Bertz CT molecular complexity index is 1970. The Labute approximate surface area is 251 Å². The quantitative estimate of drug-likeness (QED) is 0.153. The van der Waals surface area contributed by atoms with Gasteiger partial charge in [0, 0.05) is 6.42 Å². The minimum absolute atomic E-state index is 0.0295. The molecule has 0 spiro atoms. The van der Waals surface area contributed by atoms with Crippen LogP contribution in [0.3, 0.4) is 0 Å². The van der Waals surface area contributed by atoms with Crippen molar-refractivity contribution in [3.63, 3.8) is 0 Å². The predicted molar refractivity (Wildman–Crippen MR) is 150 cm³/mol. The molecule has 3 saturated heterocycles. The Kier molecular flexibility index (Phi) is 7.18. The van der Waals surface area contributed by atoms with Crippen LogP contribution < -0.4 is 17.0 Å². The normalized spacial score (nSPS) is 34.4. The second-order valence-electron chi connectivity index (χ2n) is 10.3. The van der Waals surface area contributed by atoms with Gasteiger partial charge in [-0.15, -0.1) is 0 Å². The van der Waals surface area contributed by atoms with E-state index >= 15 is 4.39 Å². The zero-order valence-electron chi connectivity index (χ0n) is 22.2. The van der Waals surface area contributed by atoms with Gasteiger partial charge in [-0.05, 0) is 18.2 Å². The molecule has 3 aliphatic heterocycles. The number of rotatable bonds is 2. The minimum atomic E-state index is -4.31. The van der Waals surface area contributed by atoms with Crippen LogP contribution >= 0.6 is 6.72 Å². The first kappa shape index (κ1) is 29.5. The van der Waals surface area contributed by atoms with E-state index in [-0.39, 0.29) is 53.5 Å². The molecule has 3 fully saturated rings. The van der Waals surface area contributed by atoms with Gasteiger partial charge < -0.3 is 30.4 Å². The number of hydrogen-bond donors (Lipinski definition) is 4. The van der Waals surface area contributed by atoms with E-state index in [2.05, 4.69) is 29.9 Å². The Morgan fingerprint density at radius 3 is 2.61 bits per heavy atom. The molecule has 1 unspecified atom stereocenters. The number of imidazole rings is 2. The maximum absolute atomic E-state index is 16.0. The van der Waals surface area contributed by atoms with Crippen LogP contribution in [0.4, 0.5) is 16.2 Å². The lowest BCUT2D eigenvalue weighted by Gasteiger charge is -2.26. The predicted octanol–water partition coefficient (Wildman–Crippen LogP) is -0.616. The molecule has 7 rings (SSSR count). The summed E-state index contributed by atoms with van der Waals surface area (Å²) in [4.78, 5) is 45.8. The van der Waals surface area contributed by atoms with Gasteiger partial charge in [-0.25, -0.2) is 24.3 Å². The number of fused-ring (bicyclic) bond motifs is 5. The van der Waals surface area contributed by atoms with Crippen LogP contribution in [0.25, 0.3) is 22.3 Å². The first-order valence-electron chi connectivity index (χ1n) is 13.1. The topological polar surface area (TPSA) is 260 Å². The third kappa shape index (κ3) is 5.24. The van der Waals surface area contributed by atoms with E-state index in [9.17, 15) is 18.1 Å². The lowest BCUT2D eigenvalue weighted by atomic mass is 10.1. The second-order valence-corrected chi connectivity index (χ2v) is 14.8. The van der Waals surface area contributed by atoms with Crippen LogP contribution in [0.15, 0.2) is 23.8 Å². The van der Waals surface area contributed by atoms with Crippen molar-refractivity contribution in [3.05, 3.63) is 29.3 Å². The van der Waals surface area contributed by atoms with Crippen molar-refractivity contribution < 1.29 is 40.4 Å². The van der Waals surface area contributed by atoms with Gasteiger partial charge in [-0.1, -0.05) is 0 Å². The summed E-state index contributed by atoms with van der Waals surface area (Å²) in [7, 11) is -4.31. The monoisotopic (exact) mass is 674 g/mol. The molecule has 0 saturated carbocycles. The number of aromatic amines is 1. The zero-order valence-corrected chi connectivity index (χ0v) is 24.8. The number of ether oxygens (including phenoxy) is 2. The van der Waals surface area contributed by atoms with E-state index in [1.54, 1.807) is 0 Å². The Balaban J connectivity index is 1.19. The molecule has 0 amide bonds. The Hall–Kier alpha value is -3.21. The molecule has 0 aromatic carbocycles. The van der Waals surface area contributed by atoms with Crippen LogP contribution in [0.1, 0.15) is 25.3 Å². The number of H-pyrrole nitrogens is 1. The molecule has 8 atom stereocenters. The number of nitrogens with zero attached hydrogens (tertiary/aromatic N) is 7. The van der Waals surface area contributed by atoms with E-state index in [0.717, 1.165) is 0 Å². The summed E-state index contributed by atoms with van der Waals surface area (Å²) >= 11 is 5.19. The van der Waals surface area contributed by atoms with Crippen molar-refractivity contribution >= 4 is 62.7 Å². The number of nitrogens with one attached hydrogen (secondary N) is 1. The third-order valence-corrected chi connectivity index (χ3v) is 10.2. The largest absolute Gasteiger partial charge is 0.382 e. The molecule has 236 valence electrons. The molecule has 2 bridgehead atoms. The van der Waals surface area contributed by atoms with Gasteiger partial charge in [0.2, 0.25) is 5.95 Å². The number of anilines is 2. The molecule has 3 aliphatic rings. The molecular formula is C21H24FN10O9PS2. The molecule has 19 nitrogen and oxygen atoms in total. The smallest absolute Gasteiger partial charge is 0.325 e. The number of nitrogen functional groups attached to an aromatic ring is 2. The molecule has 4 aromatic rings. The number of aromatic nitrogens is 8. The number of hydrogen-bond acceptors (Lipinski definition) is 16. The summed E-state index contributed by atoms with van der Waals surface area (Å²) in [6, 6.07) is 0. The van der Waals surface area contributed by atoms with Gasteiger partial charge in [-0.3, -0.25) is 27.6 Å². The molecule has 0 radical (unpaired) electrons. The van der Waals surface area contributed by atoms with Crippen LogP contribution in [-0.2, 0) is 44.6 Å². The van der Waals surface area contributed by atoms with Crippen LogP contribution in [0.5, 0.6) is 0 Å². The summed E-state index contributed by atoms with van der Waals surface area (Å²) < 4.78 is 73.7. The van der Waals surface area contributed by atoms with Crippen molar-refractivity contribution in [2.24, 2.45) is 0 Å². The van der Waals surface area contributed by atoms with E-state index in [1.807, 2.05) is 0 Å². The fraction of sp³-hybridized carbons (Fsp3) is 0.524.